The van der Waals surface area contributed by atoms with Gasteiger partial charge in [0.25, 0.3) is 0 Å². The first-order chi connectivity index (χ1) is 12.6. The average Bonchev–Trinajstić information content (AvgIpc) is 2.59. The Hall–Kier alpha value is -3.10. The summed E-state index contributed by atoms with van der Waals surface area (Å²) in [4.78, 5) is 46.6. The Bertz CT molecular complexity index is 702. The van der Waals surface area contributed by atoms with E-state index in [1.165, 1.54) is 33.1 Å². The maximum atomic E-state index is 12.3. The van der Waals surface area contributed by atoms with Gasteiger partial charge in [0.05, 0.1) is 7.11 Å². The zero-order chi connectivity index (χ0) is 20.6. The van der Waals surface area contributed by atoms with Crippen LogP contribution < -0.4 is 10.6 Å². The van der Waals surface area contributed by atoms with E-state index in [1.807, 2.05) is 0 Å². The maximum absolute atomic E-state index is 12.3. The van der Waals surface area contributed by atoms with Crippen molar-refractivity contribution in [2.45, 2.75) is 44.7 Å². The van der Waals surface area contributed by atoms with E-state index in [-0.39, 0.29) is 25.0 Å². The summed E-state index contributed by atoms with van der Waals surface area (Å²) in [7, 11) is 1.20. The number of aliphatic carboxylic acids is 1. The third kappa shape index (κ3) is 6.96. The number of phenols is 1. The monoisotopic (exact) mass is 380 g/mol. The first kappa shape index (κ1) is 21.9. The zero-order valence-electron chi connectivity index (χ0n) is 15.4. The van der Waals surface area contributed by atoms with Crippen LogP contribution in [0.1, 0.15) is 32.3 Å². The van der Waals surface area contributed by atoms with Crippen molar-refractivity contribution in [1.82, 2.24) is 10.6 Å². The van der Waals surface area contributed by atoms with Crippen LogP contribution in [0.3, 0.4) is 0 Å². The van der Waals surface area contributed by atoms with Gasteiger partial charge < -0.3 is 25.6 Å². The van der Waals surface area contributed by atoms with E-state index >= 15 is 0 Å². The summed E-state index contributed by atoms with van der Waals surface area (Å²) in [6.45, 7) is 2.67. The highest BCUT2D eigenvalue weighted by Gasteiger charge is 2.36. The van der Waals surface area contributed by atoms with Crippen molar-refractivity contribution >= 4 is 23.8 Å². The highest BCUT2D eigenvalue weighted by molar-refractivity contribution is 5.88. The molecule has 2 unspecified atom stereocenters. The number of rotatable bonds is 9. The lowest BCUT2D eigenvalue weighted by molar-refractivity contribution is -0.150. The van der Waals surface area contributed by atoms with Crippen LogP contribution in [-0.2, 0) is 30.3 Å². The molecule has 0 bridgehead atoms. The van der Waals surface area contributed by atoms with Gasteiger partial charge in [-0.15, -0.1) is 0 Å². The molecule has 0 radical (unpaired) electrons. The number of methoxy groups -OCH3 is 1. The van der Waals surface area contributed by atoms with Crippen molar-refractivity contribution in [3.8, 4) is 5.75 Å². The molecule has 1 aromatic rings. The van der Waals surface area contributed by atoms with Crippen LogP contribution in [-0.4, -0.2) is 52.7 Å². The van der Waals surface area contributed by atoms with E-state index in [4.69, 9.17) is 9.84 Å². The number of nitrogens with one attached hydrogen (secondary N) is 2. The van der Waals surface area contributed by atoms with Gasteiger partial charge in [-0.1, -0.05) is 12.1 Å². The van der Waals surface area contributed by atoms with E-state index in [9.17, 15) is 24.3 Å². The Labute approximate surface area is 156 Å². The van der Waals surface area contributed by atoms with Crippen molar-refractivity contribution < 1.29 is 34.1 Å². The summed E-state index contributed by atoms with van der Waals surface area (Å²) in [5, 5.41) is 23.2. The second kappa shape index (κ2) is 9.56. The number of carbonyl (C=O) groups is 4. The van der Waals surface area contributed by atoms with E-state index < -0.39 is 35.3 Å². The van der Waals surface area contributed by atoms with Gasteiger partial charge in [-0.05, 0) is 31.0 Å². The lowest BCUT2D eigenvalue weighted by Gasteiger charge is -2.28. The molecule has 1 aromatic carbocycles. The number of aromatic hydroxyl groups is 1. The number of carbonyl (C=O) groups excluding carboxylic acids is 3. The minimum Gasteiger partial charge on any atom is -0.508 e. The second-order valence-electron chi connectivity index (χ2n) is 6.35. The minimum atomic E-state index is -1.38. The molecule has 0 aromatic heterocycles. The predicted octanol–water partition coefficient (Wildman–Crippen LogP) is 0.352. The third-order valence-corrected chi connectivity index (χ3v) is 3.88. The quantitative estimate of drug-likeness (QED) is 0.453. The molecule has 0 saturated carbocycles. The number of amides is 2. The number of ether oxygens (including phenoxy) is 1. The SMILES string of the molecule is COC(=O)C(C)(Cc1ccc(O)cc1)NC(=O)CCC(NC(C)=O)C(=O)O. The van der Waals surface area contributed by atoms with Crippen LogP contribution in [0.25, 0.3) is 0 Å². The topological polar surface area (TPSA) is 142 Å². The average molecular weight is 380 g/mol. The fraction of sp³-hybridized carbons (Fsp3) is 0.444. The standard InChI is InChI=1S/C18H24N2O7/c1-11(21)19-14(16(24)25)8-9-15(23)20-18(2,17(26)27-3)10-12-4-6-13(22)7-5-12/h4-7,14,22H,8-10H2,1-3H3,(H,19,21)(H,20,23)(H,24,25). The van der Waals surface area contributed by atoms with Crippen molar-refractivity contribution in [3.63, 3.8) is 0 Å². The minimum absolute atomic E-state index is 0.0697. The smallest absolute Gasteiger partial charge is 0.331 e. The van der Waals surface area contributed by atoms with Crippen molar-refractivity contribution in [1.29, 1.82) is 0 Å². The van der Waals surface area contributed by atoms with Gasteiger partial charge in [0, 0.05) is 19.8 Å². The van der Waals surface area contributed by atoms with Gasteiger partial charge in [-0.3, -0.25) is 9.59 Å². The number of benzene rings is 1. The third-order valence-electron chi connectivity index (χ3n) is 3.88. The molecule has 0 aliphatic carbocycles. The lowest BCUT2D eigenvalue weighted by atomic mass is 9.92. The molecular weight excluding hydrogens is 356 g/mol. The van der Waals surface area contributed by atoms with Crippen LogP contribution in [0.2, 0.25) is 0 Å². The van der Waals surface area contributed by atoms with E-state index in [2.05, 4.69) is 10.6 Å². The number of carboxylic acids is 1. The molecule has 0 saturated heterocycles. The zero-order valence-corrected chi connectivity index (χ0v) is 15.4. The normalized spacial score (nSPS) is 13.7. The number of hydrogen-bond donors (Lipinski definition) is 4. The number of carboxylic acid groups (broad SMARTS) is 1. The van der Waals surface area contributed by atoms with Gasteiger partial charge in [0.15, 0.2) is 0 Å². The summed E-state index contributed by atoms with van der Waals surface area (Å²) in [5.74, 6) is -2.92. The molecule has 0 heterocycles. The number of esters is 1. The molecule has 27 heavy (non-hydrogen) atoms. The van der Waals surface area contributed by atoms with Gasteiger partial charge in [-0.2, -0.15) is 0 Å². The van der Waals surface area contributed by atoms with Crippen molar-refractivity contribution in [3.05, 3.63) is 29.8 Å². The summed E-state index contributed by atoms with van der Waals surface area (Å²) >= 11 is 0. The maximum Gasteiger partial charge on any atom is 0.331 e. The highest BCUT2D eigenvalue weighted by Crippen LogP contribution is 2.18. The van der Waals surface area contributed by atoms with Gasteiger partial charge in [0.2, 0.25) is 11.8 Å². The Morgan fingerprint density at radius 3 is 2.26 bits per heavy atom. The van der Waals surface area contributed by atoms with Gasteiger partial charge >= 0.3 is 11.9 Å². The molecule has 2 atom stereocenters. The largest absolute Gasteiger partial charge is 0.508 e. The van der Waals surface area contributed by atoms with Crippen LogP contribution in [0.15, 0.2) is 24.3 Å². The summed E-state index contributed by atoms with van der Waals surface area (Å²) < 4.78 is 4.77. The number of hydrogen-bond acceptors (Lipinski definition) is 6. The van der Waals surface area contributed by atoms with Crippen LogP contribution >= 0.6 is 0 Å². The van der Waals surface area contributed by atoms with Crippen LogP contribution in [0.5, 0.6) is 5.75 Å². The fourth-order valence-electron chi connectivity index (χ4n) is 2.56. The van der Waals surface area contributed by atoms with Gasteiger partial charge in [0.1, 0.15) is 17.3 Å². The predicted molar refractivity (Wildman–Crippen MR) is 94.8 cm³/mol. The molecule has 2 amide bonds. The first-order valence-corrected chi connectivity index (χ1v) is 8.24. The summed E-state index contributed by atoms with van der Waals surface area (Å²) in [6, 6.07) is 4.94. The molecule has 9 heteroatoms. The molecule has 0 fully saturated rings. The molecule has 4 N–H and O–H groups in total. The molecular formula is C18H24N2O7. The molecule has 9 nitrogen and oxygen atoms in total. The molecule has 0 aliphatic heterocycles. The Morgan fingerprint density at radius 2 is 1.78 bits per heavy atom. The van der Waals surface area contributed by atoms with E-state index in [0.717, 1.165) is 0 Å². The number of phenolic OH excluding ortho intramolecular Hbond substituents is 1. The fourth-order valence-corrected chi connectivity index (χ4v) is 2.56. The van der Waals surface area contributed by atoms with E-state index in [1.54, 1.807) is 12.1 Å². The lowest BCUT2D eigenvalue weighted by Crippen LogP contribution is -2.54. The molecule has 148 valence electrons. The van der Waals surface area contributed by atoms with Crippen molar-refractivity contribution in [2.75, 3.05) is 7.11 Å². The highest BCUT2D eigenvalue weighted by atomic mass is 16.5. The molecule has 0 spiro atoms. The Balaban J connectivity index is 2.81. The Kier molecular flexibility index (Phi) is 7.77. The molecule has 0 aliphatic rings. The van der Waals surface area contributed by atoms with Gasteiger partial charge in [-0.25, -0.2) is 9.59 Å². The van der Waals surface area contributed by atoms with Crippen LogP contribution in [0.4, 0.5) is 0 Å². The summed E-state index contributed by atoms with van der Waals surface area (Å²) in [6.07, 6.45) is -0.226. The first-order valence-electron chi connectivity index (χ1n) is 8.24. The van der Waals surface area contributed by atoms with Crippen molar-refractivity contribution in [2.24, 2.45) is 0 Å². The summed E-state index contributed by atoms with van der Waals surface area (Å²) in [5.41, 5.74) is -0.696. The van der Waals surface area contributed by atoms with E-state index in [0.29, 0.717) is 5.56 Å². The molecule has 1 rings (SSSR count). The second-order valence-corrected chi connectivity index (χ2v) is 6.35. The van der Waals surface area contributed by atoms with Crippen LogP contribution in [0, 0.1) is 0 Å². The Morgan fingerprint density at radius 1 is 1.19 bits per heavy atom.